The van der Waals surface area contributed by atoms with Gasteiger partial charge in [0, 0.05) is 10.6 Å². The van der Waals surface area contributed by atoms with Crippen molar-refractivity contribution in [2.45, 2.75) is 6.61 Å². The van der Waals surface area contributed by atoms with E-state index in [2.05, 4.69) is 0 Å². The van der Waals surface area contributed by atoms with Crippen molar-refractivity contribution in [3.63, 3.8) is 0 Å². The van der Waals surface area contributed by atoms with Crippen molar-refractivity contribution in [3.05, 3.63) is 98.1 Å². The van der Waals surface area contributed by atoms with Gasteiger partial charge in [0.05, 0.1) is 16.4 Å². The van der Waals surface area contributed by atoms with E-state index in [0.29, 0.717) is 26.8 Å². The molecule has 0 aliphatic carbocycles. The van der Waals surface area contributed by atoms with E-state index in [9.17, 15) is 14.7 Å². The standard InChI is InChI=1S/C23H14Cl2O5/c24-15-9-10-19-17(11-15)20(26)22(21(30-19)16-3-1-2-4-18(16)25)29-12-13-5-7-14(8-6-13)23(27)28/h1-11H,12H2,(H,27,28)/p-1. The van der Waals surface area contributed by atoms with Crippen LogP contribution in [0.4, 0.5) is 0 Å². The number of carboxylic acids is 1. The summed E-state index contributed by atoms with van der Waals surface area (Å²) in [5.74, 6) is -1.08. The summed E-state index contributed by atoms with van der Waals surface area (Å²) in [4.78, 5) is 24.1. The summed E-state index contributed by atoms with van der Waals surface area (Å²) in [6, 6.07) is 17.7. The summed E-state index contributed by atoms with van der Waals surface area (Å²) in [5.41, 5.74) is 1.19. The van der Waals surface area contributed by atoms with Crippen molar-refractivity contribution in [2.24, 2.45) is 0 Å². The first-order valence-corrected chi connectivity index (χ1v) is 9.64. The van der Waals surface area contributed by atoms with E-state index in [4.69, 9.17) is 32.4 Å². The van der Waals surface area contributed by atoms with Crippen LogP contribution in [0.15, 0.2) is 75.9 Å². The quantitative estimate of drug-likeness (QED) is 0.449. The Bertz CT molecular complexity index is 1310. The maximum atomic E-state index is 13.2. The van der Waals surface area contributed by atoms with Gasteiger partial charge in [0.15, 0.2) is 5.76 Å². The fourth-order valence-electron chi connectivity index (χ4n) is 3.00. The molecule has 0 bridgehead atoms. The van der Waals surface area contributed by atoms with Gasteiger partial charge in [0.25, 0.3) is 0 Å². The van der Waals surface area contributed by atoms with Crippen LogP contribution in [-0.2, 0) is 6.61 Å². The van der Waals surface area contributed by atoms with Crippen LogP contribution in [0.1, 0.15) is 15.9 Å². The van der Waals surface area contributed by atoms with E-state index < -0.39 is 5.97 Å². The van der Waals surface area contributed by atoms with Crippen molar-refractivity contribution in [2.75, 3.05) is 0 Å². The van der Waals surface area contributed by atoms with Gasteiger partial charge in [-0.25, -0.2) is 0 Å². The van der Waals surface area contributed by atoms with Gasteiger partial charge in [-0.15, -0.1) is 0 Å². The molecule has 0 aliphatic heterocycles. The zero-order valence-corrected chi connectivity index (χ0v) is 16.9. The zero-order valence-electron chi connectivity index (χ0n) is 15.4. The van der Waals surface area contributed by atoms with Gasteiger partial charge < -0.3 is 19.1 Å². The molecular weight excluding hydrogens is 427 g/mol. The molecule has 1 aromatic heterocycles. The molecule has 0 N–H and O–H groups in total. The predicted octanol–water partition coefficient (Wildman–Crippen LogP) is 4.71. The summed E-state index contributed by atoms with van der Waals surface area (Å²) in [6.45, 7) is 0.0155. The highest BCUT2D eigenvalue weighted by molar-refractivity contribution is 6.33. The third kappa shape index (κ3) is 3.90. The number of benzene rings is 3. The first kappa shape index (κ1) is 20.0. The Morgan fingerprint density at radius 1 is 1.00 bits per heavy atom. The average Bonchev–Trinajstić information content (AvgIpc) is 2.74. The van der Waals surface area contributed by atoms with Crippen LogP contribution in [-0.4, -0.2) is 5.97 Å². The Balaban J connectivity index is 1.81. The first-order chi connectivity index (χ1) is 14.4. The number of ether oxygens (including phenoxy) is 1. The summed E-state index contributed by atoms with van der Waals surface area (Å²) < 4.78 is 11.8. The Morgan fingerprint density at radius 3 is 2.43 bits per heavy atom. The van der Waals surface area contributed by atoms with E-state index in [0.717, 1.165) is 0 Å². The zero-order chi connectivity index (χ0) is 21.3. The van der Waals surface area contributed by atoms with Crippen LogP contribution in [0.3, 0.4) is 0 Å². The molecule has 0 saturated heterocycles. The summed E-state index contributed by atoms with van der Waals surface area (Å²) >= 11 is 12.4. The van der Waals surface area contributed by atoms with Crippen LogP contribution < -0.4 is 15.3 Å². The minimum atomic E-state index is -1.27. The molecule has 0 radical (unpaired) electrons. The smallest absolute Gasteiger partial charge is 0.235 e. The summed E-state index contributed by atoms with van der Waals surface area (Å²) in [5, 5.41) is 12.0. The number of carboxylic acid groups (broad SMARTS) is 1. The Morgan fingerprint density at radius 2 is 1.73 bits per heavy atom. The fourth-order valence-corrected chi connectivity index (χ4v) is 3.39. The van der Waals surface area contributed by atoms with Crippen LogP contribution in [0, 0.1) is 0 Å². The Labute approximate surface area is 181 Å². The number of carbonyl (C=O) groups excluding carboxylic acids is 1. The van der Waals surface area contributed by atoms with Crippen molar-refractivity contribution in [1.82, 2.24) is 0 Å². The number of rotatable bonds is 5. The lowest BCUT2D eigenvalue weighted by Gasteiger charge is -2.13. The lowest BCUT2D eigenvalue weighted by atomic mass is 10.1. The van der Waals surface area contributed by atoms with E-state index in [1.54, 1.807) is 48.5 Å². The second kappa shape index (κ2) is 8.22. The van der Waals surface area contributed by atoms with Gasteiger partial charge in [-0.2, -0.15) is 0 Å². The molecule has 0 aliphatic rings. The highest BCUT2D eigenvalue weighted by Crippen LogP contribution is 2.36. The fraction of sp³-hybridized carbons (Fsp3) is 0.0435. The minimum absolute atomic E-state index is 0.0122. The van der Waals surface area contributed by atoms with Crippen molar-refractivity contribution >= 4 is 40.1 Å². The van der Waals surface area contributed by atoms with Crippen LogP contribution in [0.5, 0.6) is 5.75 Å². The lowest BCUT2D eigenvalue weighted by molar-refractivity contribution is -0.255. The second-order valence-electron chi connectivity index (χ2n) is 6.48. The molecule has 4 rings (SSSR count). The van der Waals surface area contributed by atoms with Gasteiger partial charge in [-0.1, -0.05) is 59.6 Å². The minimum Gasteiger partial charge on any atom is -0.545 e. The molecule has 5 nitrogen and oxygen atoms in total. The van der Waals surface area contributed by atoms with Gasteiger partial charge in [0.1, 0.15) is 12.2 Å². The highest BCUT2D eigenvalue weighted by atomic mass is 35.5. The molecule has 150 valence electrons. The van der Waals surface area contributed by atoms with Crippen LogP contribution in [0.2, 0.25) is 10.0 Å². The van der Waals surface area contributed by atoms with Crippen LogP contribution >= 0.6 is 23.2 Å². The van der Waals surface area contributed by atoms with Gasteiger partial charge in [-0.05, 0) is 41.5 Å². The maximum Gasteiger partial charge on any atom is 0.235 e. The van der Waals surface area contributed by atoms with Crippen molar-refractivity contribution in [3.8, 4) is 17.1 Å². The maximum absolute atomic E-state index is 13.2. The summed E-state index contributed by atoms with van der Waals surface area (Å²) in [6.07, 6.45) is 0. The number of hydrogen-bond donors (Lipinski definition) is 0. The molecule has 30 heavy (non-hydrogen) atoms. The SMILES string of the molecule is O=C([O-])c1ccc(COc2c(-c3ccccc3Cl)oc3ccc(Cl)cc3c2=O)cc1. The number of carbonyl (C=O) groups is 1. The molecule has 0 amide bonds. The topological polar surface area (TPSA) is 79.6 Å². The third-order valence-corrected chi connectivity index (χ3v) is 5.07. The summed E-state index contributed by atoms with van der Waals surface area (Å²) in [7, 11) is 0. The highest BCUT2D eigenvalue weighted by Gasteiger charge is 2.20. The monoisotopic (exact) mass is 439 g/mol. The average molecular weight is 440 g/mol. The van der Waals surface area contributed by atoms with E-state index in [1.807, 2.05) is 0 Å². The van der Waals surface area contributed by atoms with E-state index in [1.165, 1.54) is 18.2 Å². The molecule has 3 aromatic carbocycles. The molecule has 4 aromatic rings. The van der Waals surface area contributed by atoms with Crippen LogP contribution in [0.25, 0.3) is 22.3 Å². The molecule has 0 fully saturated rings. The molecule has 0 atom stereocenters. The predicted molar refractivity (Wildman–Crippen MR) is 113 cm³/mol. The molecule has 7 heteroatoms. The molecule has 0 unspecified atom stereocenters. The third-order valence-electron chi connectivity index (χ3n) is 4.50. The van der Waals surface area contributed by atoms with Gasteiger partial charge >= 0.3 is 0 Å². The molecular formula is C23H13Cl2O5-. The normalized spacial score (nSPS) is 10.9. The number of hydrogen-bond acceptors (Lipinski definition) is 5. The number of halogens is 2. The largest absolute Gasteiger partial charge is 0.545 e. The Kier molecular flexibility index (Phi) is 5.48. The Hall–Kier alpha value is -3.28. The van der Waals surface area contributed by atoms with E-state index in [-0.39, 0.29) is 34.5 Å². The number of fused-ring (bicyclic) bond motifs is 1. The molecule has 0 saturated carbocycles. The van der Waals surface area contributed by atoms with Gasteiger partial charge in [0.2, 0.25) is 11.2 Å². The second-order valence-corrected chi connectivity index (χ2v) is 7.33. The van der Waals surface area contributed by atoms with Crippen molar-refractivity contribution in [1.29, 1.82) is 0 Å². The van der Waals surface area contributed by atoms with E-state index >= 15 is 0 Å². The van der Waals surface area contributed by atoms with Crippen molar-refractivity contribution < 1.29 is 19.1 Å². The van der Waals surface area contributed by atoms with Gasteiger partial charge in [-0.3, -0.25) is 4.79 Å². The molecule has 1 heterocycles. The molecule has 0 spiro atoms. The lowest BCUT2D eigenvalue weighted by Crippen LogP contribution is -2.22. The number of aromatic carboxylic acids is 1. The first-order valence-electron chi connectivity index (χ1n) is 8.88.